The maximum Gasteiger partial charge on any atom is 0.273 e. The van der Waals surface area contributed by atoms with Crippen molar-refractivity contribution in [3.8, 4) is 5.75 Å². The Labute approximate surface area is 147 Å². The van der Waals surface area contributed by atoms with Gasteiger partial charge in [0.05, 0.1) is 0 Å². The number of nitrogens with zero attached hydrogens (tertiary/aromatic N) is 2. The van der Waals surface area contributed by atoms with Crippen LogP contribution in [0.25, 0.3) is 0 Å². The van der Waals surface area contributed by atoms with E-state index in [1.165, 1.54) is 12.1 Å². The lowest BCUT2D eigenvalue weighted by molar-refractivity contribution is 0.0944. The number of pyridine rings is 1. The maximum atomic E-state index is 13.5. The van der Waals surface area contributed by atoms with Gasteiger partial charge in [0.1, 0.15) is 12.4 Å². The zero-order chi connectivity index (χ0) is 18.4. The lowest BCUT2D eigenvalue weighted by atomic mass is 10.2. The highest BCUT2D eigenvalue weighted by Gasteiger charge is 2.13. The molecule has 0 unspecified atom stereocenters. The Morgan fingerprint density at radius 1 is 1.23 bits per heavy atom. The molecule has 1 aromatic carbocycles. The number of benzene rings is 1. The van der Waals surface area contributed by atoms with E-state index in [1.807, 2.05) is 12.1 Å². The number of nitrogens with one attached hydrogen (secondary N) is 1. The van der Waals surface area contributed by atoms with E-state index in [-0.39, 0.29) is 23.8 Å². The predicted octanol–water partition coefficient (Wildman–Crippen LogP) is 2.90. The Balaban J connectivity index is 1.49. The van der Waals surface area contributed by atoms with Crippen LogP contribution in [0.1, 0.15) is 21.8 Å². The third-order valence-corrected chi connectivity index (χ3v) is 3.48. The molecule has 0 saturated carbocycles. The summed E-state index contributed by atoms with van der Waals surface area (Å²) in [5.74, 6) is -1.79. The van der Waals surface area contributed by atoms with E-state index in [0.29, 0.717) is 13.0 Å². The topological polar surface area (TPSA) is 77.2 Å². The number of amides is 1. The molecule has 3 rings (SSSR count). The SMILES string of the molecule is O=C(NCCc1cccnc1)c1cc(COc2ccc(F)cc2F)on1. The van der Waals surface area contributed by atoms with Gasteiger partial charge in [-0.2, -0.15) is 0 Å². The Bertz CT molecular complexity index is 884. The number of carbonyl (C=O) groups excluding carboxylic acids is 1. The smallest absolute Gasteiger partial charge is 0.273 e. The van der Waals surface area contributed by atoms with Gasteiger partial charge in [0.15, 0.2) is 23.0 Å². The van der Waals surface area contributed by atoms with Crippen molar-refractivity contribution in [2.24, 2.45) is 0 Å². The van der Waals surface area contributed by atoms with Gasteiger partial charge in [0, 0.05) is 31.1 Å². The first-order valence-corrected chi connectivity index (χ1v) is 7.82. The van der Waals surface area contributed by atoms with Crippen molar-refractivity contribution >= 4 is 5.91 Å². The molecular formula is C18H15F2N3O3. The molecule has 0 saturated heterocycles. The summed E-state index contributed by atoms with van der Waals surface area (Å²) in [6.45, 7) is 0.280. The summed E-state index contributed by atoms with van der Waals surface area (Å²) in [4.78, 5) is 16.0. The average Bonchev–Trinajstić information content (AvgIpc) is 3.11. The van der Waals surface area contributed by atoms with Crippen molar-refractivity contribution in [1.82, 2.24) is 15.5 Å². The van der Waals surface area contributed by atoms with E-state index >= 15 is 0 Å². The zero-order valence-electron chi connectivity index (χ0n) is 13.6. The molecule has 26 heavy (non-hydrogen) atoms. The molecule has 0 aliphatic rings. The molecule has 0 spiro atoms. The van der Waals surface area contributed by atoms with Crippen molar-refractivity contribution in [3.63, 3.8) is 0 Å². The van der Waals surface area contributed by atoms with Crippen molar-refractivity contribution in [3.05, 3.63) is 77.4 Å². The largest absolute Gasteiger partial charge is 0.482 e. The molecule has 0 fully saturated rings. The number of hydrogen-bond donors (Lipinski definition) is 1. The van der Waals surface area contributed by atoms with Crippen LogP contribution in [-0.2, 0) is 13.0 Å². The van der Waals surface area contributed by atoms with Gasteiger partial charge in [-0.1, -0.05) is 11.2 Å². The molecule has 6 nitrogen and oxygen atoms in total. The van der Waals surface area contributed by atoms with Crippen LogP contribution < -0.4 is 10.1 Å². The third-order valence-electron chi connectivity index (χ3n) is 3.48. The van der Waals surface area contributed by atoms with Crippen molar-refractivity contribution in [1.29, 1.82) is 0 Å². The molecule has 2 aromatic heterocycles. The molecule has 1 N–H and O–H groups in total. The molecule has 0 radical (unpaired) electrons. The summed E-state index contributed by atoms with van der Waals surface area (Å²) >= 11 is 0. The van der Waals surface area contributed by atoms with Gasteiger partial charge in [-0.3, -0.25) is 9.78 Å². The number of aromatic nitrogens is 2. The minimum atomic E-state index is -0.821. The van der Waals surface area contributed by atoms with E-state index in [2.05, 4.69) is 15.5 Å². The second-order valence-electron chi connectivity index (χ2n) is 5.41. The second-order valence-corrected chi connectivity index (χ2v) is 5.41. The van der Waals surface area contributed by atoms with E-state index < -0.39 is 17.5 Å². The fourth-order valence-corrected chi connectivity index (χ4v) is 2.19. The molecule has 8 heteroatoms. The molecule has 0 bridgehead atoms. The first-order valence-electron chi connectivity index (χ1n) is 7.82. The molecule has 134 valence electrons. The van der Waals surface area contributed by atoms with Gasteiger partial charge >= 0.3 is 0 Å². The molecule has 0 aliphatic heterocycles. The quantitative estimate of drug-likeness (QED) is 0.702. The molecular weight excluding hydrogens is 344 g/mol. The molecule has 2 heterocycles. The van der Waals surface area contributed by atoms with Gasteiger partial charge in [-0.05, 0) is 30.2 Å². The highest BCUT2D eigenvalue weighted by Crippen LogP contribution is 2.19. The Morgan fingerprint density at radius 2 is 2.12 bits per heavy atom. The first-order chi connectivity index (χ1) is 12.6. The highest BCUT2D eigenvalue weighted by atomic mass is 19.1. The predicted molar refractivity (Wildman–Crippen MR) is 87.5 cm³/mol. The van der Waals surface area contributed by atoms with Crippen molar-refractivity contribution in [2.45, 2.75) is 13.0 Å². The fourth-order valence-electron chi connectivity index (χ4n) is 2.19. The fraction of sp³-hybridized carbons (Fsp3) is 0.167. The molecule has 0 aliphatic carbocycles. The summed E-state index contributed by atoms with van der Waals surface area (Å²) in [5, 5.41) is 6.38. The van der Waals surface area contributed by atoms with Crippen molar-refractivity contribution < 1.29 is 22.8 Å². The van der Waals surface area contributed by atoms with E-state index in [4.69, 9.17) is 9.26 Å². The van der Waals surface area contributed by atoms with Crippen molar-refractivity contribution in [2.75, 3.05) is 6.54 Å². The Morgan fingerprint density at radius 3 is 2.88 bits per heavy atom. The summed E-state index contributed by atoms with van der Waals surface area (Å²) in [6.07, 6.45) is 4.04. The van der Waals surface area contributed by atoms with Gasteiger partial charge in [-0.25, -0.2) is 8.78 Å². The Kier molecular flexibility index (Phi) is 5.52. The number of halogens is 2. The van der Waals surface area contributed by atoms with E-state index in [1.54, 1.807) is 12.4 Å². The highest BCUT2D eigenvalue weighted by molar-refractivity contribution is 5.92. The zero-order valence-corrected chi connectivity index (χ0v) is 13.6. The summed E-state index contributed by atoms with van der Waals surface area (Å²) in [7, 11) is 0. The van der Waals surface area contributed by atoms with Crippen LogP contribution in [-0.4, -0.2) is 22.6 Å². The molecule has 0 atom stereocenters. The van der Waals surface area contributed by atoms with Crippen LogP contribution in [0.15, 0.2) is 53.3 Å². The van der Waals surface area contributed by atoms with Gasteiger partial charge in [0.2, 0.25) is 0 Å². The molecule has 3 aromatic rings. The van der Waals surface area contributed by atoms with E-state index in [0.717, 1.165) is 17.7 Å². The summed E-state index contributed by atoms with van der Waals surface area (Å²) in [6, 6.07) is 8.12. The van der Waals surface area contributed by atoms with Crippen LogP contribution in [0, 0.1) is 11.6 Å². The van der Waals surface area contributed by atoms with Crippen LogP contribution >= 0.6 is 0 Å². The third kappa shape index (κ3) is 4.62. The van der Waals surface area contributed by atoms with Gasteiger partial charge < -0.3 is 14.6 Å². The maximum absolute atomic E-state index is 13.5. The normalized spacial score (nSPS) is 10.5. The van der Waals surface area contributed by atoms with Crippen LogP contribution in [0.4, 0.5) is 8.78 Å². The summed E-state index contributed by atoms with van der Waals surface area (Å²) in [5.41, 5.74) is 1.10. The number of rotatable bonds is 7. The van der Waals surface area contributed by atoms with Crippen LogP contribution in [0.5, 0.6) is 5.75 Å². The number of carbonyl (C=O) groups is 1. The van der Waals surface area contributed by atoms with E-state index in [9.17, 15) is 13.6 Å². The van der Waals surface area contributed by atoms with Gasteiger partial charge in [0.25, 0.3) is 5.91 Å². The first kappa shape index (κ1) is 17.5. The molecule has 1 amide bonds. The number of hydrogen-bond acceptors (Lipinski definition) is 5. The second kappa shape index (κ2) is 8.19. The number of ether oxygens (including phenoxy) is 1. The lowest BCUT2D eigenvalue weighted by Crippen LogP contribution is -2.25. The minimum Gasteiger partial charge on any atom is -0.482 e. The van der Waals surface area contributed by atoms with Gasteiger partial charge in [-0.15, -0.1) is 0 Å². The average molecular weight is 359 g/mol. The Hall–Kier alpha value is -3.29. The van der Waals surface area contributed by atoms with Crippen LogP contribution in [0.2, 0.25) is 0 Å². The monoisotopic (exact) mass is 359 g/mol. The standard InChI is InChI=1S/C18H15F2N3O3/c19-13-3-4-17(15(20)8-13)25-11-14-9-16(23-26-14)18(24)22-7-5-12-2-1-6-21-10-12/h1-4,6,8-10H,5,7,11H2,(H,22,24). The van der Waals surface area contributed by atoms with Crippen LogP contribution in [0.3, 0.4) is 0 Å². The minimum absolute atomic E-state index is 0.0920. The lowest BCUT2D eigenvalue weighted by Gasteiger charge is -2.04. The summed E-state index contributed by atoms with van der Waals surface area (Å²) < 4.78 is 36.5.